The molecule has 116 valence electrons. The van der Waals surface area contributed by atoms with Crippen LogP contribution < -0.4 is 5.73 Å². The first-order valence-corrected chi connectivity index (χ1v) is 8.93. The lowest BCUT2D eigenvalue weighted by Crippen LogP contribution is -2.45. The van der Waals surface area contributed by atoms with Crippen molar-refractivity contribution in [3.05, 3.63) is 35.4 Å². The molecule has 1 aliphatic heterocycles. The van der Waals surface area contributed by atoms with E-state index < -0.39 is 10.0 Å². The van der Waals surface area contributed by atoms with Crippen molar-refractivity contribution in [2.45, 2.75) is 25.2 Å². The van der Waals surface area contributed by atoms with E-state index >= 15 is 0 Å². The molecule has 0 spiro atoms. The maximum atomic E-state index is 12.6. The monoisotopic (exact) mass is 328 g/mol. The van der Waals surface area contributed by atoms with Crippen molar-refractivity contribution in [2.24, 2.45) is 5.73 Å². The highest BCUT2D eigenvalue weighted by atomic mass is 32.2. The van der Waals surface area contributed by atoms with Crippen LogP contribution in [0.3, 0.4) is 0 Å². The van der Waals surface area contributed by atoms with Crippen LogP contribution in [0.5, 0.6) is 0 Å². The number of benzene rings is 1. The molecule has 0 bridgehead atoms. The zero-order valence-electron chi connectivity index (χ0n) is 12.0. The third-order valence-corrected chi connectivity index (χ3v) is 5.59. The van der Waals surface area contributed by atoms with Crippen LogP contribution in [0, 0.1) is 0 Å². The maximum absolute atomic E-state index is 12.6. The summed E-state index contributed by atoms with van der Waals surface area (Å²) in [6, 6.07) is 7.10. The van der Waals surface area contributed by atoms with Crippen LogP contribution >= 0.6 is 12.2 Å². The molecule has 1 aromatic rings. The second-order valence-corrected chi connectivity index (χ2v) is 7.45. The first-order chi connectivity index (χ1) is 9.94. The Bertz CT molecular complexity index is 616. The van der Waals surface area contributed by atoms with Crippen LogP contribution in [-0.4, -0.2) is 43.5 Å². The summed E-state index contributed by atoms with van der Waals surface area (Å²) in [6.07, 6.45) is 0.773. The van der Waals surface area contributed by atoms with Gasteiger partial charge in [-0.05, 0) is 12.0 Å². The molecule has 0 saturated carbocycles. The third kappa shape index (κ3) is 4.00. The highest BCUT2D eigenvalue weighted by Gasteiger charge is 2.29. The smallest absolute Gasteiger partial charge is 0.218 e. The van der Waals surface area contributed by atoms with Crippen LogP contribution in [0.25, 0.3) is 0 Å². The van der Waals surface area contributed by atoms with E-state index in [2.05, 4.69) is 0 Å². The molecule has 1 aromatic carbocycles. The Morgan fingerprint density at radius 2 is 2.19 bits per heavy atom. The average Bonchev–Trinajstić information content (AvgIpc) is 2.47. The van der Waals surface area contributed by atoms with Gasteiger partial charge in [0.05, 0.1) is 18.5 Å². The van der Waals surface area contributed by atoms with E-state index in [0.717, 1.165) is 6.42 Å². The van der Waals surface area contributed by atoms with Gasteiger partial charge >= 0.3 is 0 Å². The number of hydrogen-bond donors (Lipinski definition) is 1. The van der Waals surface area contributed by atoms with Crippen molar-refractivity contribution >= 4 is 27.2 Å². The summed E-state index contributed by atoms with van der Waals surface area (Å²) < 4.78 is 32.2. The standard InChI is InChI=1S/C14H20N2O3S2/c1-2-12-9-16(7-8-19-12)21(17,18)10-11-5-3-4-6-13(11)14(15)20/h3-6,12H,2,7-10H2,1H3,(H2,15,20). The number of rotatable bonds is 5. The molecular weight excluding hydrogens is 308 g/mol. The number of nitrogens with zero attached hydrogens (tertiary/aromatic N) is 1. The molecule has 1 fully saturated rings. The summed E-state index contributed by atoms with van der Waals surface area (Å²) in [4.78, 5) is 0.217. The SMILES string of the molecule is CCC1CN(S(=O)(=O)Cc2ccccc2C(N)=S)CCO1. The molecule has 1 saturated heterocycles. The van der Waals surface area contributed by atoms with Crippen LogP contribution in [-0.2, 0) is 20.5 Å². The lowest BCUT2D eigenvalue weighted by Gasteiger charge is -2.31. The Morgan fingerprint density at radius 3 is 2.86 bits per heavy atom. The minimum absolute atomic E-state index is 0.0284. The van der Waals surface area contributed by atoms with Gasteiger partial charge in [0.1, 0.15) is 4.99 Å². The van der Waals surface area contributed by atoms with Gasteiger partial charge in [-0.2, -0.15) is 4.31 Å². The molecule has 1 heterocycles. The van der Waals surface area contributed by atoms with Gasteiger partial charge in [0.15, 0.2) is 0 Å². The maximum Gasteiger partial charge on any atom is 0.218 e. The summed E-state index contributed by atoms with van der Waals surface area (Å²) in [5.41, 5.74) is 6.92. The zero-order chi connectivity index (χ0) is 15.5. The molecule has 0 radical (unpaired) electrons. The van der Waals surface area contributed by atoms with Crippen molar-refractivity contribution in [1.29, 1.82) is 0 Å². The van der Waals surface area contributed by atoms with Gasteiger partial charge in [0.25, 0.3) is 0 Å². The second kappa shape index (κ2) is 6.83. The predicted molar refractivity (Wildman–Crippen MR) is 86.6 cm³/mol. The average molecular weight is 328 g/mol. The molecule has 7 heteroatoms. The molecular formula is C14H20N2O3S2. The minimum atomic E-state index is -3.40. The van der Waals surface area contributed by atoms with Crippen molar-refractivity contribution in [3.8, 4) is 0 Å². The van der Waals surface area contributed by atoms with Crippen LogP contribution in [0.15, 0.2) is 24.3 Å². The molecule has 5 nitrogen and oxygen atoms in total. The highest BCUT2D eigenvalue weighted by Crippen LogP contribution is 2.18. The van der Waals surface area contributed by atoms with E-state index in [4.69, 9.17) is 22.7 Å². The first-order valence-electron chi connectivity index (χ1n) is 6.91. The van der Waals surface area contributed by atoms with Crippen LogP contribution in [0.1, 0.15) is 24.5 Å². The van der Waals surface area contributed by atoms with Crippen LogP contribution in [0.4, 0.5) is 0 Å². The second-order valence-electron chi connectivity index (χ2n) is 5.04. The zero-order valence-corrected chi connectivity index (χ0v) is 13.6. The van der Waals surface area contributed by atoms with E-state index in [9.17, 15) is 8.42 Å². The van der Waals surface area contributed by atoms with E-state index in [1.165, 1.54) is 4.31 Å². The van der Waals surface area contributed by atoms with Gasteiger partial charge < -0.3 is 10.5 Å². The summed E-state index contributed by atoms with van der Waals surface area (Å²) in [6.45, 7) is 3.24. The largest absolute Gasteiger partial charge is 0.389 e. The fraction of sp³-hybridized carbons (Fsp3) is 0.500. The van der Waals surface area contributed by atoms with E-state index in [1.54, 1.807) is 24.3 Å². The molecule has 0 aromatic heterocycles. The number of sulfonamides is 1. The number of nitrogens with two attached hydrogens (primary N) is 1. The molecule has 0 amide bonds. The fourth-order valence-electron chi connectivity index (χ4n) is 2.37. The number of morpholine rings is 1. The van der Waals surface area contributed by atoms with Gasteiger partial charge in [0.2, 0.25) is 10.0 Å². The Kier molecular flexibility index (Phi) is 5.32. The van der Waals surface area contributed by atoms with Crippen molar-refractivity contribution in [1.82, 2.24) is 4.31 Å². The molecule has 0 aliphatic carbocycles. The number of hydrogen-bond acceptors (Lipinski definition) is 4. The molecule has 1 atom stereocenters. The van der Waals surface area contributed by atoms with Gasteiger partial charge in [0, 0.05) is 18.7 Å². The van der Waals surface area contributed by atoms with E-state index in [-0.39, 0.29) is 16.8 Å². The highest BCUT2D eigenvalue weighted by molar-refractivity contribution is 7.88. The van der Waals surface area contributed by atoms with E-state index in [1.807, 2.05) is 6.92 Å². The molecule has 1 aliphatic rings. The fourth-order valence-corrected chi connectivity index (χ4v) is 4.14. The van der Waals surface area contributed by atoms with E-state index in [0.29, 0.717) is 30.8 Å². The molecule has 2 rings (SSSR count). The quantitative estimate of drug-likeness (QED) is 0.824. The van der Waals surface area contributed by atoms with Gasteiger partial charge in [-0.1, -0.05) is 43.4 Å². The Hall–Kier alpha value is -1.02. The van der Waals surface area contributed by atoms with Gasteiger partial charge in [-0.25, -0.2) is 8.42 Å². The van der Waals surface area contributed by atoms with Gasteiger partial charge in [-0.3, -0.25) is 0 Å². The predicted octanol–water partition coefficient (Wildman–Crippen LogP) is 1.26. The lowest BCUT2D eigenvalue weighted by atomic mass is 10.1. The molecule has 21 heavy (non-hydrogen) atoms. The normalized spacial score (nSPS) is 20.3. The molecule has 1 unspecified atom stereocenters. The number of thiocarbonyl (C=S) groups is 1. The van der Waals surface area contributed by atoms with Crippen molar-refractivity contribution in [3.63, 3.8) is 0 Å². The Balaban J connectivity index is 2.20. The lowest BCUT2D eigenvalue weighted by molar-refractivity contribution is -0.00282. The van der Waals surface area contributed by atoms with Crippen molar-refractivity contribution in [2.75, 3.05) is 19.7 Å². The summed E-state index contributed by atoms with van der Waals surface area (Å²) in [5, 5.41) is 0. The first kappa shape index (κ1) is 16.4. The van der Waals surface area contributed by atoms with Crippen molar-refractivity contribution < 1.29 is 13.2 Å². The third-order valence-electron chi connectivity index (χ3n) is 3.57. The summed E-state index contributed by atoms with van der Waals surface area (Å²) in [7, 11) is -3.40. The van der Waals surface area contributed by atoms with Gasteiger partial charge in [-0.15, -0.1) is 0 Å². The number of ether oxygens (including phenoxy) is 1. The summed E-state index contributed by atoms with van der Waals surface area (Å²) in [5.74, 6) is -0.0864. The Labute approximate surface area is 131 Å². The topological polar surface area (TPSA) is 72.6 Å². The molecule has 2 N–H and O–H groups in total. The summed E-state index contributed by atoms with van der Waals surface area (Å²) >= 11 is 4.98. The van der Waals surface area contributed by atoms with Crippen LogP contribution in [0.2, 0.25) is 0 Å². The Morgan fingerprint density at radius 1 is 1.48 bits per heavy atom. The minimum Gasteiger partial charge on any atom is -0.389 e.